The second-order valence-corrected chi connectivity index (χ2v) is 6.28. The Bertz CT molecular complexity index is 491. The predicted molar refractivity (Wildman–Crippen MR) is 91.0 cm³/mol. The van der Waals surface area contributed by atoms with Gasteiger partial charge in [0.05, 0.1) is 0 Å². The molecule has 0 aliphatic heterocycles. The van der Waals surface area contributed by atoms with Crippen LogP contribution in [-0.2, 0) is 4.79 Å². The van der Waals surface area contributed by atoms with E-state index in [1.54, 1.807) is 0 Å². The zero-order valence-corrected chi connectivity index (χ0v) is 14.1. The number of benzene rings is 1. The van der Waals surface area contributed by atoms with Crippen LogP contribution in [0.5, 0.6) is 0 Å². The maximum atomic E-state index is 11.6. The first kappa shape index (κ1) is 16.9. The van der Waals surface area contributed by atoms with Crippen LogP contribution in [-0.4, -0.2) is 24.0 Å². The third kappa shape index (κ3) is 5.88. The number of halogens is 1. The molecular weight excluding hydrogens is 338 g/mol. The van der Waals surface area contributed by atoms with Crippen molar-refractivity contribution in [2.75, 3.05) is 18.4 Å². The van der Waals surface area contributed by atoms with Crippen molar-refractivity contribution >= 4 is 44.7 Å². The Labute approximate surface area is 133 Å². The number of anilines is 1. The Balaban J connectivity index is 2.50. The molecule has 0 aromatic heterocycles. The van der Waals surface area contributed by atoms with E-state index in [9.17, 15) is 4.79 Å². The molecule has 0 unspecified atom stereocenters. The normalized spacial score (nSPS) is 10.4. The van der Waals surface area contributed by atoms with Crippen molar-refractivity contribution < 1.29 is 4.79 Å². The fraction of sp³-hybridized carbons (Fsp3) is 0.429. The van der Waals surface area contributed by atoms with Gasteiger partial charge in [-0.15, -0.1) is 0 Å². The summed E-state index contributed by atoms with van der Waals surface area (Å²) in [5, 5.41) is 6.07. The van der Waals surface area contributed by atoms with Gasteiger partial charge in [0.25, 0.3) is 0 Å². The van der Waals surface area contributed by atoms with E-state index >= 15 is 0 Å². The highest BCUT2D eigenvalue weighted by atomic mass is 79.9. The van der Waals surface area contributed by atoms with Crippen LogP contribution >= 0.6 is 28.1 Å². The Hall–Kier alpha value is -1.14. The van der Waals surface area contributed by atoms with Crippen molar-refractivity contribution in [2.24, 2.45) is 11.7 Å². The molecule has 1 rings (SSSR count). The number of thiocarbonyl (C=S) groups is 1. The van der Waals surface area contributed by atoms with Crippen molar-refractivity contribution in [3.05, 3.63) is 28.2 Å². The van der Waals surface area contributed by atoms with E-state index < -0.39 is 0 Å². The van der Waals surface area contributed by atoms with E-state index in [2.05, 4.69) is 40.4 Å². The van der Waals surface area contributed by atoms with Gasteiger partial charge in [-0.25, -0.2) is 0 Å². The number of amides is 1. The van der Waals surface area contributed by atoms with Crippen LogP contribution < -0.4 is 16.4 Å². The number of nitrogens with two attached hydrogens (primary N) is 1. The van der Waals surface area contributed by atoms with Gasteiger partial charge in [-0.05, 0) is 24.1 Å². The number of nitrogens with one attached hydrogen (secondary N) is 2. The van der Waals surface area contributed by atoms with E-state index in [0.717, 1.165) is 15.7 Å². The van der Waals surface area contributed by atoms with E-state index in [0.29, 0.717) is 30.4 Å². The van der Waals surface area contributed by atoms with Gasteiger partial charge in [0.2, 0.25) is 5.91 Å². The zero-order valence-electron chi connectivity index (χ0n) is 11.7. The van der Waals surface area contributed by atoms with Crippen LogP contribution in [0.2, 0.25) is 0 Å². The molecule has 0 radical (unpaired) electrons. The Morgan fingerprint density at radius 1 is 1.45 bits per heavy atom. The molecule has 0 heterocycles. The fourth-order valence-electron chi connectivity index (χ4n) is 1.59. The lowest BCUT2D eigenvalue weighted by Gasteiger charge is -2.12. The van der Waals surface area contributed by atoms with Crippen molar-refractivity contribution in [1.82, 2.24) is 5.32 Å². The van der Waals surface area contributed by atoms with Gasteiger partial charge in [0.1, 0.15) is 4.99 Å². The van der Waals surface area contributed by atoms with Gasteiger partial charge in [-0.2, -0.15) is 0 Å². The highest BCUT2D eigenvalue weighted by molar-refractivity contribution is 9.10. The first-order valence-corrected chi connectivity index (χ1v) is 7.70. The third-order valence-corrected chi connectivity index (χ3v) is 3.34. The molecule has 1 aromatic carbocycles. The lowest BCUT2D eigenvalue weighted by molar-refractivity contribution is -0.120. The summed E-state index contributed by atoms with van der Waals surface area (Å²) in [4.78, 5) is 11.9. The number of hydrogen-bond acceptors (Lipinski definition) is 3. The first-order chi connectivity index (χ1) is 9.40. The monoisotopic (exact) mass is 357 g/mol. The van der Waals surface area contributed by atoms with Crippen LogP contribution in [0.4, 0.5) is 5.69 Å². The largest absolute Gasteiger partial charge is 0.389 e. The van der Waals surface area contributed by atoms with Gasteiger partial charge >= 0.3 is 0 Å². The Morgan fingerprint density at radius 2 is 2.15 bits per heavy atom. The third-order valence-electron chi connectivity index (χ3n) is 2.62. The van der Waals surface area contributed by atoms with Crippen LogP contribution in [0.25, 0.3) is 0 Å². The van der Waals surface area contributed by atoms with E-state index in [1.165, 1.54) is 0 Å². The maximum Gasteiger partial charge on any atom is 0.221 e. The second kappa shape index (κ2) is 8.21. The molecule has 4 N–H and O–H groups in total. The van der Waals surface area contributed by atoms with Crippen LogP contribution in [0.15, 0.2) is 22.7 Å². The highest BCUT2D eigenvalue weighted by Crippen LogP contribution is 2.21. The summed E-state index contributed by atoms with van der Waals surface area (Å²) >= 11 is 8.40. The molecule has 0 aliphatic carbocycles. The zero-order chi connectivity index (χ0) is 15.1. The predicted octanol–water partition coefficient (Wildman–Crippen LogP) is 2.66. The Kier molecular flexibility index (Phi) is 6.95. The number of carbonyl (C=O) groups excluding carboxylic acids is 1. The van der Waals surface area contributed by atoms with E-state index in [-0.39, 0.29) is 5.91 Å². The molecule has 0 spiro atoms. The summed E-state index contributed by atoms with van der Waals surface area (Å²) in [5.41, 5.74) is 7.31. The summed E-state index contributed by atoms with van der Waals surface area (Å²) in [7, 11) is 0. The molecule has 6 heteroatoms. The van der Waals surface area contributed by atoms with Gasteiger partial charge in [0, 0.05) is 35.2 Å². The summed E-state index contributed by atoms with van der Waals surface area (Å²) in [6.45, 7) is 5.38. The molecule has 0 bridgehead atoms. The molecule has 1 aromatic rings. The molecular formula is C14H20BrN3OS. The molecule has 0 aliphatic rings. The summed E-state index contributed by atoms with van der Waals surface area (Å²) in [5.74, 6) is 0.500. The molecule has 0 saturated carbocycles. The number of hydrogen-bond donors (Lipinski definition) is 3. The summed E-state index contributed by atoms with van der Waals surface area (Å²) in [6.07, 6.45) is 0.416. The Morgan fingerprint density at radius 3 is 2.75 bits per heavy atom. The SMILES string of the molecule is CC(C)CNC(=O)CCNc1ccc(Br)cc1C(N)=S. The molecule has 0 atom stereocenters. The van der Waals surface area contributed by atoms with Crippen LogP contribution in [0, 0.1) is 5.92 Å². The molecule has 110 valence electrons. The lowest BCUT2D eigenvalue weighted by Crippen LogP contribution is -2.28. The number of rotatable bonds is 7. The molecule has 0 saturated heterocycles. The van der Waals surface area contributed by atoms with Gasteiger partial charge in [-0.1, -0.05) is 42.0 Å². The van der Waals surface area contributed by atoms with Crippen molar-refractivity contribution in [1.29, 1.82) is 0 Å². The van der Waals surface area contributed by atoms with E-state index in [4.69, 9.17) is 18.0 Å². The quantitative estimate of drug-likeness (QED) is 0.656. The number of carbonyl (C=O) groups is 1. The smallest absolute Gasteiger partial charge is 0.221 e. The average Bonchev–Trinajstić information content (AvgIpc) is 2.37. The van der Waals surface area contributed by atoms with E-state index in [1.807, 2.05) is 18.2 Å². The average molecular weight is 358 g/mol. The highest BCUT2D eigenvalue weighted by Gasteiger charge is 2.07. The lowest BCUT2D eigenvalue weighted by atomic mass is 10.1. The van der Waals surface area contributed by atoms with Gasteiger partial charge in [0.15, 0.2) is 0 Å². The minimum absolute atomic E-state index is 0.0418. The molecule has 4 nitrogen and oxygen atoms in total. The molecule has 0 fully saturated rings. The van der Waals surface area contributed by atoms with Crippen LogP contribution in [0.3, 0.4) is 0 Å². The fourth-order valence-corrected chi connectivity index (χ4v) is 2.12. The first-order valence-electron chi connectivity index (χ1n) is 6.50. The molecule has 1 amide bonds. The topological polar surface area (TPSA) is 67.2 Å². The van der Waals surface area contributed by atoms with Gasteiger partial charge in [-0.3, -0.25) is 4.79 Å². The minimum atomic E-state index is 0.0418. The van der Waals surface area contributed by atoms with Crippen molar-refractivity contribution in [2.45, 2.75) is 20.3 Å². The summed E-state index contributed by atoms with van der Waals surface area (Å²) in [6, 6.07) is 5.66. The van der Waals surface area contributed by atoms with Gasteiger partial charge < -0.3 is 16.4 Å². The second-order valence-electron chi connectivity index (χ2n) is 4.93. The summed E-state index contributed by atoms with van der Waals surface area (Å²) < 4.78 is 0.917. The maximum absolute atomic E-state index is 11.6. The molecule has 20 heavy (non-hydrogen) atoms. The van der Waals surface area contributed by atoms with Crippen LogP contribution in [0.1, 0.15) is 25.8 Å². The van der Waals surface area contributed by atoms with Crippen molar-refractivity contribution in [3.63, 3.8) is 0 Å². The minimum Gasteiger partial charge on any atom is -0.389 e. The van der Waals surface area contributed by atoms with Crippen molar-refractivity contribution in [3.8, 4) is 0 Å². The standard InChI is InChI=1S/C14H20BrN3OS/c1-9(2)8-18-13(19)5-6-17-12-4-3-10(15)7-11(12)14(16)20/h3-4,7,9,17H,5-6,8H2,1-2H3,(H2,16,20)(H,18,19).